The Morgan fingerprint density at radius 2 is 1.60 bits per heavy atom. The zero-order valence-corrected chi connectivity index (χ0v) is 12.9. The summed E-state index contributed by atoms with van der Waals surface area (Å²) in [7, 11) is -3.61. The van der Waals surface area contributed by atoms with E-state index in [2.05, 4.69) is 0 Å². The molecule has 1 aromatic rings. The van der Waals surface area contributed by atoms with Crippen molar-refractivity contribution < 1.29 is 23.4 Å². The molecule has 0 aromatic heterocycles. The zero-order valence-electron chi connectivity index (χ0n) is 11.3. The van der Waals surface area contributed by atoms with E-state index in [4.69, 9.17) is 10.2 Å². The Bertz CT molecular complexity index is 530. The molecule has 0 saturated heterocycles. The zero-order chi connectivity index (χ0) is 15.2. The molecule has 5 nitrogen and oxygen atoms in total. The van der Waals surface area contributed by atoms with Gasteiger partial charge >= 0.3 is 0 Å². The fourth-order valence-electron chi connectivity index (χ4n) is 1.66. The fraction of sp³-hybridized carbons (Fsp3) is 0.462. The van der Waals surface area contributed by atoms with E-state index in [-0.39, 0.29) is 40.5 Å². The first kappa shape index (κ1) is 17.2. The highest BCUT2D eigenvalue weighted by molar-refractivity contribution is 7.97. The first-order valence-corrected chi connectivity index (χ1v) is 9.70. The number of hydrogen-bond donors (Lipinski definition) is 2. The minimum atomic E-state index is -3.26. The number of carbonyl (C=O) groups excluding carboxylic acids is 1. The molecule has 0 fully saturated rings. The molecule has 0 saturated carbocycles. The third-order valence-electron chi connectivity index (χ3n) is 2.70. The number of aliphatic hydroxyl groups is 2. The molecular formula is C13H19O5S2+. The Balaban J connectivity index is 2.77. The second kappa shape index (κ2) is 7.78. The normalized spacial score (nSPS) is 11.8. The summed E-state index contributed by atoms with van der Waals surface area (Å²) in [6, 6.07) is 5.83. The summed E-state index contributed by atoms with van der Waals surface area (Å²) in [5.74, 6) is 1.15. The summed E-state index contributed by atoms with van der Waals surface area (Å²) in [4.78, 5) is 12.2. The van der Waals surface area contributed by atoms with Gasteiger partial charge in [-0.1, -0.05) is 0 Å². The second-order valence-corrected chi connectivity index (χ2v) is 8.68. The molecule has 0 aliphatic rings. The third-order valence-corrected chi connectivity index (χ3v) is 6.02. The maximum Gasteiger partial charge on any atom is 0.211 e. The van der Waals surface area contributed by atoms with Crippen LogP contribution in [0.1, 0.15) is 10.4 Å². The molecule has 7 heteroatoms. The summed E-state index contributed by atoms with van der Waals surface area (Å²) in [6.07, 6.45) is 1.11. The van der Waals surface area contributed by atoms with Crippen molar-refractivity contribution in [3.63, 3.8) is 0 Å². The van der Waals surface area contributed by atoms with E-state index in [9.17, 15) is 13.2 Å². The molecule has 0 bridgehead atoms. The average molecular weight is 319 g/mol. The Hall–Kier alpha value is -0.890. The summed E-state index contributed by atoms with van der Waals surface area (Å²) >= 11 is 0. The van der Waals surface area contributed by atoms with Gasteiger partial charge in [-0.15, -0.1) is 0 Å². The van der Waals surface area contributed by atoms with Gasteiger partial charge in [0.15, 0.2) is 15.6 Å². The summed E-state index contributed by atoms with van der Waals surface area (Å²) in [5.41, 5.74) is 0.450. The van der Waals surface area contributed by atoms with Crippen molar-refractivity contribution in [3.8, 4) is 0 Å². The molecule has 20 heavy (non-hydrogen) atoms. The lowest BCUT2D eigenvalue weighted by molar-refractivity contribution is 0.102. The molecular weight excluding hydrogens is 300 g/mol. The molecule has 0 radical (unpaired) electrons. The van der Waals surface area contributed by atoms with E-state index < -0.39 is 9.84 Å². The number of Topliss-reactive ketones (excluding diaryl/α,β-unsaturated/α-hetero) is 1. The summed E-state index contributed by atoms with van der Waals surface area (Å²) in [6.45, 7) is -0.0210. The van der Waals surface area contributed by atoms with Gasteiger partial charge in [-0.3, -0.25) is 4.79 Å². The van der Waals surface area contributed by atoms with E-state index in [1.54, 1.807) is 0 Å². The van der Waals surface area contributed by atoms with Crippen LogP contribution in [-0.2, 0) is 20.7 Å². The smallest absolute Gasteiger partial charge is 0.211 e. The lowest BCUT2D eigenvalue weighted by atomic mass is 10.1. The van der Waals surface area contributed by atoms with Crippen LogP contribution in [0.15, 0.2) is 29.2 Å². The Morgan fingerprint density at radius 1 is 1.10 bits per heavy atom. The lowest BCUT2D eigenvalue weighted by Gasteiger charge is -2.06. The maximum absolute atomic E-state index is 12.1. The van der Waals surface area contributed by atoms with Crippen LogP contribution >= 0.6 is 0 Å². The van der Waals surface area contributed by atoms with Crippen molar-refractivity contribution in [2.45, 2.75) is 4.90 Å². The minimum absolute atomic E-state index is 0.0105. The van der Waals surface area contributed by atoms with E-state index in [1.807, 2.05) is 0 Å². The van der Waals surface area contributed by atoms with Crippen LogP contribution in [0.4, 0.5) is 0 Å². The van der Waals surface area contributed by atoms with E-state index in [0.717, 1.165) is 6.26 Å². The Kier molecular flexibility index (Phi) is 6.67. The molecule has 2 N–H and O–H groups in total. The molecule has 0 spiro atoms. The predicted molar refractivity (Wildman–Crippen MR) is 80.0 cm³/mol. The second-order valence-electron chi connectivity index (χ2n) is 4.33. The van der Waals surface area contributed by atoms with Crippen LogP contribution in [0.25, 0.3) is 0 Å². The SMILES string of the molecule is CS(=O)(=O)c1ccc(C(=O)C[S+](CCO)CCO)cc1. The highest BCUT2D eigenvalue weighted by Gasteiger charge is 2.22. The van der Waals surface area contributed by atoms with Crippen molar-refractivity contribution in [2.24, 2.45) is 0 Å². The number of hydrogen-bond acceptors (Lipinski definition) is 5. The number of carbonyl (C=O) groups is 1. The molecule has 1 aromatic carbocycles. The van der Waals surface area contributed by atoms with E-state index in [1.165, 1.54) is 24.3 Å². The average Bonchev–Trinajstić information content (AvgIpc) is 2.38. The largest absolute Gasteiger partial charge is 0.391 e. The van der Waals surface area contributed by atoms with Crippen molar-refractivity contribution >= 4 is 26.5 Å². The highest BCUT2D eigenvalue weighted by Crippen LogP contribution is 2.12. The summed E-state index contributed by atoms with van der Waals surface area (Å²) in [5, 5.41) is 17.8. The minimum Gasteiger partial charge on any atom is -0.391 e. The van der Waals surface area contributed by atoms with Crippen molar-refractivity contribution in [1.82, 2.24) is 0 Å². The van der Waals surface area contributed by atoms with Gasteiger partial charge in [0.05, 0.1) is 18.1 Å². The van der Waals surface area contributed by atoms with Gasteiger partial charge in [0.25, 0.3) is 0 Å². The van der Waals surface area contributed by atoms with Crippen molar-refractivity contribution in [1.29, 1.82) is 0 Å². The lowest BCUT2D eigenvalue weighted by Crippen LogP contribution is -2.25. The number of rotatable bonds is 8. The number of sulfone groups is 1. The highest BCUT2D eigenvalue weighted by atomic mass is 32.2. The standard InChI is InChI=1S/C13H19O5S2/c1-20(17,18)12-4-2-11(3-5-12)13(16)10-19(8-6-14)9-7-15/h2-5,14-15H,6-10H2,1H3/q+1. The number of aliphatic hydroxyl groups excluding tert-OH is 2. The number of ketones is 1. The maximum atomic E-state index is 12.1. The van der Waals surface area contributed by atoms with Crippen LogP contribution in [0, 0.1) is 0 Å². The van der Waals surface area contributed by atoms with Crippen molar-refractivity contribution in [3.05, 3.63) is 29.8 Å². The summed E-state index contributed by atoms with van der Waals surface area (Å²) < 4.78 is 22.6. The quantitative estimate of drug-likeness (QED) is 0.515. The van der Waals surface area contributed by atoms with Gasteiger partial charge < -0.3 is 10.2 Å². The molecule has 0 unspecified atom stereocenters. The third kappa shape index (κ3) is 5.24. The molecule has 0 heterocycles. The van der Waals surface area contributed by atoms with E-state index in [0.29, 0.717) is 17.1 Å². The van der Waals surface area contributed by atoms with Crippen LogP contribution in [0.3, 0.4) is 0 Å². The van der Waals surface area contributed by atoms with Crippen LogP contribution < -0.4 is 0 Å². The van der Waals surface area contributed by atoms with Crippen LogP contribution in [0.2, 0.25) is 0 Å². The Morgan fingerprint density at radius 3 is 2.00 bits per heavy atom. The fourth-order valence-corrected chi connectivity index (χ4v) is 3.84. The first-order chi connectivity index (χ1) is 9.38. The van der Waals surface area contributed by atoms with Gasteiger partial charge in [0.1, 0.15) is 11.5 Å². The van der Waals surface area contributed by atoms with Gasteiger partial charge in [-0.05, 0) is 24.3 Å². The van der Waals surface area contributed by atoms with Gasteiger partial charge in [0.2, 0.25) is 5.78 Å². The monoisotopic (exact) mass is 319 g/mol. The van der Waals surface area contributed by atoms with Gasteiger partial charge in [-0.2, -0.15) is 0 Å². The van der Waals surface area contributed by atoms with Gasteiger partial charge in [0, 0.05) is 22.7 Å². The first-order valence-electron chi connectivity index (χ1n) is 6.07. The molecule has 0 atom stereocenters. The molecule has 0 aliphatic heterocycles. The van der Waals surface area contributed by atoms with E-state index >= 15 is 0 Å². The molecule has 112 valence electrons. The van der Waals surface area contributed by atoms with Crippen LogP contribution in [-0.4, -0.2) is 61.1 Å². The van der Waals surface area contributed by atoms with Crippen molar-refractivity contribution in [2.75, 3.05) is 36.7 Å². The Labute approximate surface area is 121 Å². The molecule has 1 rings (SSSR count). The molecule has 0 amide bonds. The molecule has 0 aliphatic carbocycles. The van der Waals surface area contributed by atoms with Gasteiger partial charge in [-0.25, -0.2) is 8.42 Å². The number of benzene rings is 1. The topological polar surface area (TPSA) is 91.7 Å². The van der Waals surface area contributed by atoms with Crippen LogP contribution in [0.5, 0.6) is 0 Å². The predicted octanol–water partition coefficient (Wildman–Crippen LogP) is -0.124.